The van der Waals surface area contributed by atoms with Crippen LogP contribution in [0.25, 0.3) is 17.2 Å². The van der Waals surface area contributed by atoms with Gasteiger partial charge in [-0.1, -0.05) is 68.4 Å². The Morgan fingerprint density at radius 1 is 1.03 bits per heavy atom. The summed E-state index contributed by atoms with van der Waals surface area (Å²) in [7, 11) is 0. The number of hydrogen-bond donors (Lipinski definition) is 3. The number of carbonyl (C=O) groups excluding carboxylic acids is 1. The minimum absolute atomic E-state index is 0.210. The van der Waals surface area contributed by atoms with E-state index in [1.165, 1.54) is 0 Å². The van der Waals surface area contributed by atoms with Crippen molar-refractivity contribution in [3.8, 4) is 11.1 Å². The quantitative estimate of drug-likeness (QED) is 0.448. The van der Waals surface area contributed by atoms with Crippen LogP contribution in [0.15, 0.2) is 60.7 Å². The number of aryl methyl sites for hydroxylation is 1. The highest BCUT2D eigenvalue weighted by atomic mass is 16.1. The zero-order chi connectivity index (χ0) is 23.1. The monoisotopic (exact) mass is 428 g/mol. The van der Waals surface area contributed by atoms with Crippen LogP contribution in [0.1, 0.15) is 41.9 Å². The van der Waals surface area contributed by atoms with Crippen molar-refractivity contribution < 1.29 is 4.79 Å². The van der Waals surface area contributed by atoms with Gasteiger partial charge in [0, 0.05) is 30.4 Å². The van der Waals surface area contributed by atoms with E-state index in [0.29, 0.717) is 24.7 Å². The molecule has 0 unspecified atom stereocenters. The molecule has 0 aliphatic carbocycles. The Balaban J connectivity index is 2.06. The molecular formula is C27H32N4O. The molecule has 0 atom stereocenters. The number of anilines is 1. The fraction of sp³-hybridized carbons (Fsp3) is 0.259. The summed E-state index contributed by atoms with van der Waals surface area (Å²) in [6, 6.07) is 17.8. The Morgan fingerprint density at radius 2 is 1.72 bits per heavy atom. The van der Waals surface area contributed by atoms with Crippen LogP contribution in [0.5, 0.6) is 0 Å². The molecule has 0 fully saturated rings. The van der Waals surface area contributed by atoms with E-state index in [4.69, 9.17) is 16.5 Å². The Morgan fingerprint density at radius 3 is 2.31 bits per heavy atom. The average molecular weight is 429 g/mol. The molecule has 5 nitrogen and oxygen atoms in total. The number of carbonyl (C=O) groups is 1. The van der Waals surface area contributed by atoms with Crippen LogP contribution < -0.4 is 16.8 Å². The SMILES string of the molecule is Cc1nc(CC(C)C)c(CN)c(-c2ccc(CN)cc2)c1NC(=O)/C=C/c1ccccc1. The predicted molar refractivity (Wildman–Crippen MR) is 133 cm³/mol. The van der Waals surface area contributed by atoms with E-state index in [1.807, 2.05) is 61.5 Å². The van der Waals surface area contributed by atoms with Crippen LogP contribution in [-0.4, -0.2) is 10.9 Å². The van der Waals surface area contributed by atoms with Gasteiger partial charge in [0.1, 0.15) is 0 Å². The Bertz CT molecular complexity index is 1090. The molecule has 0 spiro atoms. The fourth-order valence-corrected chi connectivity index (χ4v) is 3.76. The van der Waals surface area contributed by atoms with E-state index in [1.54, 1.807) is 12.2 Å². The number of amides is 1. The van der Waals surface area contributed by atoms with Crippen LogP contribution in [0, 0.1) is 12.8 Å². The standard InChI is InChI=1S/C27H32N4O/c1-18(2)15-24-23(17-29)26(22-12-9-21(16-28)10-13-22)27(19(3)30-24)31-25(32)14-11-20-7-5-4-6-8-20/h4-14,18H,15-17,28-29H2,1-3H3,(H,31,32)/b14-11+. The first-order valence-electron chi connectivity index (χ1n) is 11.0. The molecule has 3 aromatic rings. The van der Waals surface area contributed by atoms with Gasteiger partial charge < -0.3 is 16.8 Å². The number of nitrogens with one attached hydrogen (secondary N) is 1. The van der Waals surface area contributed by atoms with E-state index in [0.717, 1.165) is 45.6 Å². The number of benzene rings is 2. The van der Waals surface area contributed by atoms with Crippen molar-refractivity contribution in [2.24, 2.45) is 17.4 Å². The van der Waals surface area contributed by atoms with Crippen molar-refractivity contribution in [3.63, 3.8) is 0 Å². The maximum Gasteiger partial charge on any atom is 0.248 e. The van der Waals surface area contributed by atoms with Crippen molar-refractivity contribution in [3.05, 3.63) is 88.8 Å². The van der Waals surface area contributed by atoms with Gasteiger partial charge in [0.15, 0.2) is 0 Å². The molecule has 2 aromatic carbocycles. The molecule has 0 radical (unpaired) electrons. The first kappa shape index (κ1) is 23.4. The molecule has 0 bridgehead atoms. The van der Waals surface area contributed by atoms with E-state index in [9.17, 15) is 4.79 Å². The zero-order valence-corrected chi connectivity index (χ0v) is 19.1. The number of pyridine rings is 1. The Kier molecular flexibility index (Phi) is 7.92. The molecule has 32 heavy (non-hydrogen) atoms. The lowest BCUT2D eigenvalue weighted by atomic mass is 9.92. The van der Waals surface area contributed by atoms with Gasteiger partial charge in [0.25, 0.3) is 0 Å². The van der Waals surface area contributed by atoms with Gasteiger partial charge in [-0.25, -0.2) is 0 Å². The molecule has 5 heteroatoms. The fourth-order valence-electron chi connectivity index (χ4n) is 3.76. The van der Waals surface area contributed by atoms with Crippen molar-refractivity contribution in [1.29, 1.82) is 0 Å². The Labute approximate surface area is 190 Å². The van der Waals surface area contributed by atoms with Gasteiger partial charge in [-0.05, 0) is 47.6 Å². The molecule has 0 aliphatic heterocycles. The molecule has 0 saturated carbocycles. The van der Waals surface area contributed by atoms with E-state index in [2.05, 4.69) is 19.2 Å². The second-order valence-electron chi connectivity index (χ2n) is 8.31. The molecule has 166 valence electrons. The van der Waals surface area contributed by atoms with Crippen molar-refractivity contribution in [1.82, 2.24) is 4.98 Å². The molecule has 1 amide bonds. The molecule has 1 heterocycles. The highest BCUT2D eigenvalue weighted by molar-refractivity contribution is 6.05. The van der Waals surface area contributed by atoms with Crippen molar-refractivity contribution in [2.45, 2.75) is 40.3 Å². The maximum absolute atomic E-state index is 12.8. The molecule has 1 aromatic heterocycles. The van der Waals surface area contributed by atoms with Gasteiger partial charge in [-0.3, -0.25) is 9.78 Å². The minimum Gasteiger partial charge on any atom is -0.326 e. The van der Waals surface area contributed by atoms with Crippen LogP contribution in [0.4, 0.5) is 5.69 Å². The van der Waals surface area contributed by atoms with Gasteiger partial charge >= 0.3 is 0 Å². The van der Waals surface area contributed by atoms with Crippen LogP contribution in [0.2, 0.25) is 0 Å². The van der Waals surface area contributed by atoms with Gasteiger partial charge in [0.05, 0.1) is 11.4 Å². The summed E-state index contributed by atoms with van der Waals surface area (Å²) in [4.78, 5) is 17.6. The predicted octanol–water partition coefficient (Wildman–Crippen LogP) is 4.82. The third-order valence-electron chi connectivity index (χ3n) is 5.32. The third-order valence-corrected chi connectivity index (χ3v) is 5.32. The van der Waals surface area contributed by atoms with Gasteiger partial charge in [-0.15, -0.1) is 0 Å². The topological polar surface area (TPSA) is 94.0 Å². The number of aromatic nitrogens is 1. The first-order chi connectivity index (χ1) is 15.4. The smallest absolute Gasteiger partial charge is 0.248 e. The molecular weight excluding hydrogens is 396 g/mol. The largest absolute Gasteiger partial charge is 0.326 e. The number of hydrogen-bond acceptors (Lipinski definition) is 4. The van der Waals surface area contributed by atoms with Crippen LogP contribution in [-0.2, 0) is 24.3 Å². The third kappa shape index (κ3) is 5.69. The Hall–Kier alpha value is -3.28. The summed E-state index contributed by atoms with van der Waals surface area (Å²) in [5, 5.41) is 3.06. The number of nitrogens with two attached hydrogens (primary N) is 2. The summed E-state index contributed by atoms with van der Waals surface area (Å²) in [6.45, 7) is 7.07. The first-order valence-corrected chi connectivity index (χ1v) is 11.0. The van der Waals surface area contributed by atoms with Crippen molar-refractivity contribution in [2.75, 3.05) is 5.32 Å². The summed E-state index contributed by atoms with van der Waals surface area (Å²) in [6.07, 6.45) is 4.16. The lowest BCUT2D eigenvalue weighted by molar-refractivity contribution is -0.111. The normalized spacial score (nSPS) is 11.3. The summed E-state index contributed by atoms with van der Waals surface area (Å²) in [5.41, 5.74) is 19.3. The summed E-state index contributed by atoms with van der Waals surface area (Å²) in [5.74, 6) is 0.229. The van der Waals surface area contributed by atoms with Gasteiger partial charge in [-0.2, -0.15) is 0 Å². The summed E-state index contributed by atoms with van der Waals surface area (Å²) >= 11 is 0. The zero-order valence-electron chi connectivity index (χ0n) is 19.1. The number of rotatable bonds is 8. The van der Waals surface area contributed by atoms with E-state index >= 15 is 0 Å². The summed E-state index contributed by atoms with van der Waals surface area (Å²) < 4.78 is 0. The lowest BCUT2D eigenvalue weighted by Gasteiger charge is -2.21. The highest BCUT2D eigenvalue weighted by Gasteiger charge is 2.20. The molecule has 5 N–H and O–H groups in total. The maximum atomic E-state index is 12.8. The van der Waals surface area contributed by atoms with Gasteiger partial charge in [0.2, 0.25) is 5.91 Å². The van der Waals surface area contributed by atoms with E-state index < -0.39 is 0 Å². The molecule has 0 aliphatic rings. The second kappa shape index (κ2) is 10.8. The average Bonchev–Trinajstić information content (AvgIpc) is 2.79. The minimum atomic E-state index is -0.210. The highest BCUT2D eigenvalue weighted by Crippen LogP contribution is 2.36. The molecule has 0 saturated heterocycles. The molecule has 3 rings (SSSR count). The van der Waals surface area contributed by atoms with Crippen molar-refractivity contribution >= 4 is 17.7 Å². The van der Waals surface area contributed by atoms with Crippen LogP contribution in [0.3, 0.4) is 0 Å². The second-order valence-corrected chi connectivity index (χ2v) is 8.31. The number of nitrogens with zero attached hydrogens (tertiary/aromatic N) is 1. The van der Waals surface area contributed by atoms with E-state index in [-0.39, 0.29) is 5.91 Å². The lowest BCUT2D eigenvalue weighted by Crippen LogP contribution is -2.16. The van der Waals surface area contributed by atoms with Crippen LogP contribution >= 0.6 is 0 Å².